The molecular weight excluding hydrogens is 446 g/mol. The van der Waals surface area contributed by atoms with Gasteiger partial charge in [-0.1, -0.05) is 0 Å². The first kappa shape index (κ1) is 21.9. The lowest BCUT2D eigenvalue weighted by molar-refractivity contribution is -0.121. The highest BCUT2D eigenvalue weighted by atomic mass is 32.1. The van der Waals surface area contributed by atoms with Gasteiger partial charge < -0.3 is 10.2 Å². The summed E-state index contributed by atoms with van der Waals surface area (Å²) in [5, 5.41) is 4.44. The zero-order valence-electron chi connectivity index (χ0n) is 16.6. The van der Waals surface area contributed by atoms with Crippen molar-refractivity contribution in [1.82, 2.24) is 9.88 Å². The van der Waals surface area contributed by atoms with Gasteiger partial charge in [-0.05, 0) is 43.2 Å². The maximum atomic E-state index is 13.9. The van der Waals surface area contributed by atoms with Gasteiger partial charge in [0.15, 0.2) is 5.13 Å². The van der Waals surface area contributed by atoms with E-state index in [1.807, 2.05) is 0 Å². The number of hydrogen-bond donors (Lipinski definition) is 1. The van der Waals surface area contributed by atoms with E-state index in [-0.39, 0.29) is 40.9 Å². The Kier molecular flexibility index (Phi) is 6.22. The lowest BCUT2D eigenvalue weighted by Crippen LogP contribution is -2.41. The topological polar surface area (TPSA) is 62.3 Å². The molecule has 0 aliphatic carbocycles. The molecule has 2 heterocycles. The van der Waals surface area contributed by atoms with Crippen LogP contribution in [0.4, 0.5) is 22.7 Å². The first-order valence-electron chi connectivity index (χ1n) is 9.78. The second-order valence-electron chi connectivity index (χ2n) is 7.34. The summed E-state index contributed by atoms with van der Waals surface area (Å²) < 4.78 is 54.3. The van der Waals surface area contributed by atoms with Crippen LogP contribution in [0.1, 0.15) is 23.2 Å². The van der Waals surface area contributed by atoms with Crippen LogP contribution in [0.15, 0.2) is 41.8 Å². The fourth-order valence-corrected chi connectivity index (χ4v) is 4.25. The van der Waals surface area contributed by atoms with Gasteiger partial charge >= 0.3 is 0 Å². The van der Waals surface area contributed by atoms with Crippen molar-refractivity contribution in [3.63, 3.8) is 0 Å². The van der Waals surface area contributed by atoms with E-state index in [9.17, 15) is 27.2 Å². The number of rotatable bonds is 4. The second-order valence-corrected chi connectivity index (χ2v) is 8.20. The van der Waals surface area contributed by atoms with E-state index in [1.54, 1.807) is 0 Å². The zero-order chi connectivity index (χ0) is 22.8. The Morgan fingerprint density at radius 3 is 2.38 bits per heavy atom. The van der Waals surface area contributed by atoms with Crippen LogP contribution in [0.2, 0.25) is 0 Å². The van der Waals surface area contributed by atoms with E-state index in [0.717, 1.165) is 41.7 Å². The Balaban J connectivity index is 1.35. The molecule has 2 amide bonds. The van der Waals surface area contributed by atoms with Crippen LogP contribution >= 0.6 is 11.3 Å². The molecule has 1 aromatic heterocycles. The Morgan fingerprint density at radius 2 is 1.66 bits per heavy atom. The molecule has 1 aliphatic heterocycles. The van der Waals surface area contributed by atoms with Crippen molar-refractivity contribution in [2.24, 2.45) is 5.92 Å². The summed E-state index contributed by atoms with van der Waals surface area (Å²) in [5.74, 6) is -4.15. The monoisotopic (exact) mass is 463 g/mol. The third-order valence-electron chi connectivity index (χ3n) is 5.25. The summed E-state index contributed by atoms with van der Waals surface area (Å²) in [6, 6.07) is 5.84. The van der Waals surface area contributed by atoms with E-state index in [0.29, 0.717) is 18.9 Å². The summed E-state index contributed by atoms with van der Waals surface area (Å²) in [6.45, 7) is 0.483. The van der Waals surface area contributed by atoms with Crippen LogP contribution in [0.3, 0.4) is 0 Å². The summed E-state index contributed by atoms with van der Waals surface area (Å²) in [6.07, 6.45) is 0.717. The van der Waals surface area contributed by atoms with Crippen molar-refractivity contribution in [1.29, 1.82) is 0 Å². The fraction of sp³-hybridized carbons (Fsp3) is 0.227. The van der Waals surface area contributed by atoms with Crippen molar-refractivity contribution in [2.45, 2.75) is 12.8 Å². The minimum absolute atomic E-state index is 0.00148. The van der Waals surface area contributed by atoms with Crippen LogP contribution in [0, 0.1) is 29.2 Å². The number of halogens is 4. The summed E-state index contributed by atoms with van der Waals surface area (Å²) in [4.78, 5) is 30.7. The van der Waals surface area contributed by atoms with Crippen molar-refractivity contribution >= 4 is 28.3 Å². The van der Waals surface area contributed by atoms with Crippen LogP contribution in [-0.4, -0.2) is 34.8 Å². The summed E-state index contributed by atoms with van der Waals surface area (Å²) in [7, 11) is 0. The highest BCUT2D eigenvalue weighted by molar-refractivity contribution is 7.14. The summed E-state index contributed by atoms with van der Waals surface area (Å²) >= 11 is 1.09. The van der Waals surface area contributed by atoms with Gasteiger partial charge in [0.25, 0.3) is 5.91 Å². The van der Waals surface area contributed by atoms with Gasteiger partial charge in [-0.2, -0.15) is 0 Å². The highest BCUT2D eigenvalue weighted by Gasteiger charge is 2.29. The number of likely N-dealkylation sites (tertiary alicyclic amines) is 1. The van der Waals surface area contributed by atoms with Crippen LogP contribution in [-0.2, 0) is 4.79 Å². The predicted molar refractivity (Wildman–Crippen MR) is 111 cm³/mol. The molecule has 1 aliphatic rings. The van der Waals surface area contributed by atoms with Crippen LogP contribution in [0.25, 0.3) is 11.3 Å². The number of aromatic nitrogens is 1. The number of anilines is 1. The van der Waals surface area contributed by atoms with Gasteiger partial charge in [0.2, 0.25) is 5.91 Å². The third-order valence-corrected chi connectivity index (χ3v) is 6.01. The quantitative estimate of drug-likeness (QED) is 0.563. The molecule has 166 valence electrons. The molecule has 0 bridgehead atoms. The number of benzene rings is 2. The molecule has 0 spiro atoms. The minimum atomic E-state index is -0.927. The molecule has 10 heteroatoms. The Labute approximate surface area is 184 Å². The molecule has 0 saturated carbocycles. The van der Waals surface area contributed by atoms with Gasteiger partial charge in [-0.3, -0.25) is 9.59 Å². The lowest BCUT2D eigenvalue weighted by Gasteiger charge is -2.31. The summed E-state index contributed by atoms with van der Waals surface area (Å²) in [5.41, 5.74) is -0.000155. The number of amides is 2. The maximum Gasteiger partial charge on any atom is 0.256 e. The van der Waals surface area contributed by atoms with Crippen molar-refractivity contribution < 1.29 is 27.2 Å². The number of nitrogens with one attached hydrogen (secondary N) is 1. The largest absolute Gasteiger partial charge is 0.339 e. The third kappa shape index (κ3) is 4.64. The van der Waals surface area contributed by atoms with Crippen molar-refractivity contribution in [3.05, 3.63) is 70.6 Å². The predicted octanol–water partition coefficient (Wildman–Crippen LogP) is 4.86. The molecule has 0 radical (unpaired) electrons. The Bertz CT molecular complexity index is 1180. The normalized spacial score (nSPS) is 14.4. The first-order chi connectivity index (χ1) is 15.3. The Hall–Kier alpha value is -3.27. The van der Waals surface area contributed by atoms with Gasteiger partial charge in [0.05, 0.1) is 11.3 Å². The number of thiazole rings is 1. The molecule has 32 heavy (non-hydrogen) atoms. The zero-order valence-corrected chi connectivity index (χ0v) is 17.4. The van der Waals surface area contributed by atoms with Gasteiger partial charge in [-0.15, -0.1) is 11.3 Å². The molecule has 1 fully saturated rings. The lowest BCUT2D eigenvalue weighted by atomic mass is 9.95. The number of hydrogen-bond acceptors (Lipinski definition) is 4. The maximum absolute atomic E-state index is 13.9. The van der Waals surface area contributed by atoms with Gasteiger partial charge in [0.1, 0.15) is 23.3 Å². The smallest absolute Gasteiger partial charge is 0.256 e. The van der Waals surface area contributed by atoms with Crippen molar-refractivity contribution in [3.8, 4) is 11.3 Å². The van der Waals surface area contributed by atoms with Crippen LogP contribution in [0.5, 0.6) is 0 Å². The molecule has 2 aromatic carbocycles. The molecular formula is C22H17F4N3O2S. The molecule has 0 unspecified atom stereocenters. The molecule has 0 atom stereocenters. The van der Waals surface area contributed by atoms with E-state index in [1.165, 1.54) is 10.3 Å². The first-order valence-corrected chi connectivity index (χ1v) is 10.7. The molecule has 1 N–H and O–H groups in total. The molecule has 4 rings (SSSR count). The fourth-order valence-electron chi connectivity index (χ4n) is 3.53. The van der Waals surface area contributed by atoms with E-state index in [4.69, 9.17) is 0 Å². The van der Waals surface area contributed by atoms with E-state index in [2.05, 4.69) is 10.3 Å². The SMILES string of the molecule is O=C(Nc1nc(-c2cc(F)ccc2F)cs1)C1CCN(C(=O)c2ccc(F)cc2F)CC1. The number of carbonyl (C=O) groups excluding carboxylic acids is 2. The molecule has 5 nitrogen and oxygen atoms in total. The average Bonchev–Trinajstić information content (AvgIpc) is 3.23. The van der Waals surface area contributed by atoms with Crippen molar-refractivity contribution in [2.75, 3.05) is 18.4 Å². The van der Waals surface area contributed by atoms with E-state index < -0.39 is 35.1 Å². The van der Waals surface area contributed by atoms with E-state index >= 15 is 0 Å². The van der Waals surface area contributed by atoms with Gasteiger partial charge in [-0.25, -0.2) is 22.5 Å². The minimum Gasteiger partial charge on any atom is -0.339 e. The molecule has 1 saturated heterocycles. The number of piperidine rings is 1. The molecule has 3 aromatic rings. The number of carbonyl (C=O) groups is 2. The number of nitrogens with zero attached hydrogens (tertiary/aromatic N) is 2. The van der Waals surface area contributed by atoms with Gasteiger partial charge in [0, 0.05) is 36.0 Å². The second kappa shape index (κ2) is 9.07. The average molecular weight is 463 g/mol. The van der Waals surface area contributed by atoms with Crippen LogP contribution < -0.4 is 5.32 Å². The standard InChI is InChI=1S/C22H17F4N3O2S/c23-13-2-4-17(25)16(9-13)19-11-32-22(27-19)28-20(30)12-5-7-29(8-6-12)21(31)15-3-1-14(24)10-18(15)26/h1-4,9-12H,5-8H2,(H,27,28,30). The highest BCUT2D eigenvalue weighted by Crippen LogP contribution is 2.29. The Morgan fingerprint density at radius 1 is 0.969 bits per heavy atom.